The minimum Gasteiger partial charge on any atom is -0.458 e. The third-order valence-electron chi connectivity index (χ3n) is 13.2. The number of ether oxygens (including phenoxy) is 2. The molecule has 6 aliphatic rings. The van der Waals surface area contributed by atoms with Crippen LogP contribution >= 0.6 is 0 Å². The van der Waals surface area contributed by atoms with E-state index in [0.29, 0.717) is 21.5 Å². The second-order valence-corrected chi connectivity index (χ2v) is 15.3. The van der Waals surface area contributed by atoms with E-state index in [0.717, 1.165) is 89.2 Å². The van der Waals surface area contributed by atoms with Crippen molar-refractivity contribution in [3.8, 4) is 34.4 Å². The van der Waals surface area contributed by atoms with Gasteiger partial charge >= 0.3 is 0 Å². The zero-order valence-corrected chi connectivity index (χ0v) is 27.7. The van der Waals surface area contributed by atoms with Crippen molar-refractivity contribution in [3.63, 3.8) is 0 Å². The van der Waals surface area contributed by atoms with Crippen molar-refractivity contribution in [1.29, 1.82) is 0 Å². The molecule has 0 saturated heterocycles. The molecule has 8 heterocycles. The van der Waals surface area contributed by atoms with Gasteiger partial charge in [0.2, 0.25) is 0 Å². The molecule has 9 aromatic rings. The lowest BCUT2D eigenvalue weighted by Gasteiger charge is -2.45. The van der Waals surface area contributed by atoms with Gasteiger partial charge in [-0.2, -0.15) is 0 Å². The van der Waals surface area contributed by atoms with Gasteiger partial charge in [0.05, 0.1) is 22.1 Å². The molecule has 238 valence electrons. The predicted octanol–water partition coefficient (Wildman–Crippen LogP) is 1.61. The van der Waals surface area contributed by atoms with E-state index in [9.17, 15) is 9.59 Å². The van der Waals surface area contributed by atoms with Crippen molar-refractivity contribution < 1.29 is 9.47 Å². The Morgan fingerprint density at radius 2 is 0.811 bits per heavy atom. The number of rotatable bonds is 0. The smallest absolute Gasteiger partial charge is 0.256 e. The number of benzene rings is 7. The zero-order valence-electron chi connectivity index (χ0n) is 27.7. The Balaban J connectivity index is 1.27. The van der Waals surface area contributed by atoms with Crippen LogP contribution in [0.3, 0.4) is 0 Å². The van der Waals surface area contributed by atoms with Gasteiger partial charge in [0.1, 0.15) is 23.0 Å². The van der Waals surface area contributed by atoms with Gasteiger partial charge in [-0.05, 0) is 97.7 Å². The van der Waals surface area contributed by atoms with Crippen molar-refractivity contribution in [2.24, 2.45) is 0 Å². The maximum absolute atomic E-state index is 14.6. The maximum Gasteiger partial charge on any atom is 0.256 e. The summed E-state index contributed by atoms with van der Waals surface area (Å²) >= 11 is 0. The number of fused-ring (bicyclic) bond motifs is 8. The van der Waals surface area contributed by atoms with Crippen LogP contribution in [0.4, 0.5) is 0 Å². The fourth-order valence-electron chi connectivity index (χ4n) is 11.4. The number of nitrogens with zero attached hydrogens (tertiary/aromatic N) is 2. The standard InChI is InChI=1S/C44H19B3N2O4/c50-43-20-7-5-11-26-37(20)48-39-22(43)15-17-32-34(39)45(24-9-1-3-13-30(24)52-32)28-19-29-42-36(41(28)48)47(26)27-12-6-8-21-38(27)49(42)40-23(44(21)51)16-18-33-35(40)46(29)25-10-2-4-14-31(25)53-33/h1-19H. The first-order chi connectivity index (χ1) is 26.2. The van der Waals surface area contributed by atoms with Gasteiger partial charge in [-0.1, -0.05) is 66.7 Å². The Hall–Kier alpha value is -6.73. The summed E-state index contributed by atoms with van der Waals surface area (Å²) in [5, 5.41) is 2.82. The molecule has 0 spiro atoms. The van der Waals surface area contributed by atoms with E-state index >= 15 is 0 Å². The van der Waals surface area contributed by atoms with E-state index in [-0.39, 0.29) is 31.0 Å². The highest BCUT2D eigenvalue weighted by Gasteiger charge is 2.51. The summed E-state index contributed by atoms with van der Waals surface area (Å²) in [7, 11) is 0. The van der Waals surface area contributed by atoms with E-state index in [4.69, 9.17) is 9.47 Å². The van der Waals surface area contributed by atoms with Crippen LogP contribution in [0.1, 0.15) is 0 Å². The zero-order chi connectivity index (χ0) is 34.2. The largest absolute Gasteiger partial charge is 0.458 e. The summed E-state index contributed by atoms with van der Waals surface area (Å²) in [6, 6.07) is 39.5. The average Bonchev–Trinajstić information content (AvgIpc) is 3.20. The van der Waals surface area contributed by atoms with Crippen molar-refractivity contribution in [3.05, 3.63) is 136 Å². The molecule has 0 aliphatic carbocycles. The van der Waals surface area contributed by atoms with Crippen LogP contribution in [0.25, 0.3) is 55.0 Å². The van der Waals surface area contributed by atoms with Crippen molar-refractivity contribution in [2.75, 3.05) is 0 Å². The Morgan fingerprint density at radius 1 is 0.377 bits per heavy atom. The van der Waals surface area contributed by atoms with Gasteiger partial charge in [0.25, 0.3) is 20.1 Å². The molecule has 0 radical (unpaired) electrons. The molecule has 0 bridgehead atoms. The molecule has 6 aliphatic heterocycles. The molecule has 7 aromatic carbocycles. The van der Waals surface area contributed by atoms with Crippen LogP contribution in [0.5, 0.6) is 23.0 Å². The van der Waals surface area contributed by atoms with E-state index in [1.807, 2.05) is 60.7 Å². The van der Waals surface area contributed by atoms with Crippen LogP contribution in [0.15, 0.2) is 125 Å². The van der Waals surface area contributed by atoms with E-state index < -0.39 is 0 Å². The lowest BCUT2D eigenvalue weighted by atomic mass is 9.26. The summed E-state index contributed by atoms with van der Waals surface area (Å²) in [6.07, 6.45) is 0. The quantitative estimate of drug-likeness (QED) is 0.182. The highest BCUT2D eigenvalue weighted by Crippen LogP contribution is 2.39. The highest BCUT2D eigenvalue weighted by molar-refractivity contribution is 7.06. The molecule has 2 aromatic heterocycles. The Labute approximate surface area is 300 Å². The first-order valence-electron chi connectivity index (χ1n) is 18.2. The molecule has 9 heteroatoms. The number of aromatic nitrogens is 2. The molecule has 15 rings (SSSR count). The summed E-state index contributed by atoms with van der Waals surface area (Å²) in [4.78, 5) is 29.3. The molecule has 0 unspecified atom stereocenters. The first kappa shape index (κ1) is 26.1. The Morgan fingerprint density at radius 3 is 1.32 bits per heavy atom. The van der Waals surface area contributed by atoms with Crippen LogP contribution < -0.4 is 69.5 Å². The number of hydrogen-bond acceptors (Lipinski definition) is 4. The SMILES string of the molecule is O=c1c2cccc3c2n2c4c5c(ccc14)Oc1ccccc1B5c1cc4c5c(c1-2)B3c1cccc2c(=O)c3ccc6c(c3n-5c12)B4c1ccccc1O6. The highest BCUT2D eigenvalue weighted by atomic mass is 16.5. The molecule has 0 atom stereocenters. The fourth-order valence-corrected chi connectivity index (χ4v) is 11.4. The predicted molar refractivity (Wildman–Crippen MR) is 215 cm³/mol. The van der Waals surface area contributed by atoms with Crippen molar-refractivity contribution in [1.82, 2.24) is 9.13 Å². The van der Waals surface area contributed by atoms with Crippen LogP contribution in [-0.4, -0.2) is 29.3 Å². The topological polar surface area (TPSA) is 62.5 Å². The van der Waals surface area contributed by atoms with Crippen LogP contribution in [0.2, 0.25) is 0 Å². The third kappa shape index (κ3) is 2.58. The molecule has 0 saturated carbocycles. The van der Waals surface area contributed by atoms with Gasteiger partial charge in [-0.15, -0.1) is 0 Å². The van der Waals surface area contributed by atoms with Crippen molar-refractivity contribution >= 4 is 113 Å². The molecular weight excluding hydrogens is 653 g/mol. The average molecular weight is 672 g/mol. The second-order valence-electron chi connectivity index (χ2n) is 15.3. The van der Waals surface area contributed by atoms with Crippen LogP contribution in [0, 0.1) is 0 Å². The second kappa shape index (κ2) is 8.16. The summed E-state index contributed by atoms with van der Waals surface area (Å²) in [5.74, 6) is 3.26. The minimum atomic E-state index is -0.195. The number of pyridine rings is 2. The molecule has 0 amide bonds. The van der Waals surface area contributed by atoms with Gasteiger partial charge in [-0.3, -0.25) is 9.59 Å². The van der Waals surface area contributed by atoms with Gasteiger partial charge in [-0.25, -0.2) is 0 Å². The van der Waals surface area contributed by atoms with Gasteiger partial charge in [0.15, 0.2) is 10.9 Å². The monoisotopic (exact) mass is 672 g/mol. The molecule has 0 fully saturated rings. The first-order valence-corrected chi connectivity index (χ1v) is 18.2. The lowest BCUT2D eigenvalue weighted by molar-refractivity contribution is 0.487. The summed E-state index contributed by atoms with van der Waals surface area (Å²) in [6.45, 7) is -0.508. The summed E-state index contributed by atoms with van der Waals surface area (Å²) in [5.41, 5.74) is 16.2. The van der Waals surface area contributed by atoms with Gasteiger partial charge < -0.3 is 18.6 Å². The van der Waals surface area contributed by atoms with E-state index in [1.165, 1.54) is 16.4 Å². The molecular formula is C44H19B3N2O4. The molecule has 6 nitrogen and oxygen atoms in total. The molecule has 0 N–H and O–H groups in total. The van der Waals surface area contributed by atoms with E-state index in [2.05, 4.69) is 63.7 Å². The number of hydrogen-bond donors (Lipinski definition) is 0. The maximum atomic E-state index is 14.6. The fraction of sp³-hybridized carbons (Fsp3) is 0. The van der Waals surface area contributed by atoms with Gasteiger partial charge in [0, 0.05) is 32.9 Å². The van der Waals surface area contributed by atoms with Crippen molar-refractivity contribution in [2.45, 2.75) is 0 Å². The normalized spacial score (nSPS) is 14.8. The van der Waals surface area contributed by atoms with Crippen LogP contribution in [-0.2, 0) is 0 Å². The Kier molecular flexibility index (Phi) is 4.02. The Bertz CT molecular complexity index is 3320. The lowest BCUT2D eigenvalue weighted by Crippen LogP contribution is -2.71. The van der Waals surface area contributed by atoms with E-state index in [1.54, 1.807) is 0 Å². The number of para-hydroxylation sites is 4. The molecule has 53 heavy (non-hydrogen) atoms. The summed E-state index contributed by atoms with van der Waals surface area (Å²) < 4.78 is 18.2. The third-order valence-corrected chi connectivity index (χ3v) is 13.2. The minimum absolute atomic E-state index is 0.0333.